The first kappa shape index (κ1) is 13.8. The third-order valence-electron chi connectivity index (χ3n) is 3.91. The first-order valence-electron chi connectivity index (χ1n) is 7.35. The Kier molecular flexibility index (Phi) is 5.01. The summed E-state index contributed by atoms with van der Waals surface area (Å²) in [5.41, 5.74) is 0.0979. The van der Waals surface area contributed by atoms with E-state index >= 15 is 0 Å². The predicted molar refractivity (Wildman–Crippen MR) is 71.5 cm³/mol. The van der Waals surface area contributed by atoms with Crippen LogP contribution in [0.15, 0.2) is 0 Å². The monoisotopic (exact) mass is 254 g/mol. The van der Waals surface area contributed by atoms with Crippen LogP contribution in [0.5, 0.6) is 0 Å². The zero-order chi connectivity index (χ0) is 12.8. The number of amides is 1. The van der Waals surface area contributed by atoms with Crippen LogP contribution in [0.3, 0.4) is 0 Å². The quantitative estimate of drug-likeness (QED) is 0.701. The summed E-state index contributed by atoms with van der Waals surface area (Å²) in [5, 5.41) is 3.21. The van der Waals surface area contributed by atoms with Crippen LogP contribution in [0.25, 0.3) is 0 Å². The summed E-state index contributed by atoms with van der Waals surface area (Å²) >= 11 is 0. The van der Waals surface area contributed by atoms with Crippen molar-refractivity contribution in [3.63, 3.8) is 0 Å². The molecule has 0 aromatic rings. The highest BCUT2D eigenvalue weighted by Gasteiger charge is 2.45. The van der Waals surface area contributed by atoms with Gasteiger partial charge in [0.05, 0.1) is 12.1 Å². The van der Waals surface area contributed by atoms with Crippen molar-refractivity contribution in [1.82, 2.24) is 10.2 Å². The molecule has 0 radical (unpaired) electrons. The highest BCUT2D eigenvalue weighted by molar-refractivity contribution is 5.77. The van der Waals surface area contributed by atoms with Gasteiger partial charge in [0.1, 0.15) is 0 Å². The van der Waals surface area contributed by atoms with Crippen LogP contribution in [0.2, 0.25) is 0 Å². The van der Waals surface area contributed by atoms with E-state index in [9.17, 15) is 4.79 Å². The number of hydrogen-bond donors (Lipinski definition) is 1. The molecular formula is C14H26N2O2. The van der Waals surface area contributed by atoms with Gasteiger partial charge in [-0.2, -0.15) is 0 Å². The molecule has 0 aromatic heterocycles. The van der Waals surface area contributed by atoms with Gasteiger partial charge in [-0.05, 0) is 45.7 Å². The Labute approximate surface area is 110 Å². The second-order valence-corrected chi connectivity index (χ2v) is 5.61. The van der Waals surface area contributed by atoms with Gasteiger partial charge in [-0.1, -0.05) is 6.42 Å². The molecule has 104 valence electrons. The van der Waals surface area contributed by atoms with E-state index in [0.29, 0.717) is 19.6 Å². The van der Waals surface area contributed by atoms with Crippen LogP contribution in [-0.4, -0.2) is 49.2 Å². The molecule has 1 saturated carbocycles. The molecule has 1 heterocycles. The molecule has 1 amide bonds. The van der Waals surface area contributed by atoms with E-state index < -0.39 is 0 Å². The smallest absolute Gasteiger partial charge is 0.222 e. The third-order valence-corrected chi connectivity index (χ3v) is 3.91. The molecule has 2 fully saturated rings. The standard InChI is InChI=1S/C14H26N2O2/c1-2-18-11-6-13(17)15-14(7-8-14)12-16-9-4-3-5-10-16/h2-12H2,1H3,(H,15,17). The minimum Gasteiger partial charge on any atom is -0.381 e. The Hall–Kier alpha value is -0.610. The molecule has 0 bridgehead atoms. The van der Waals surface area contributed by atoms with Crippen LogP contribution in [0.1, 0.15) is 45.4 Å². The van der Waals surface area contributed by atoms with Crippen molar-refractivity contribution in [3.05, 3.63) is 0 Å². The van der Waals surface area contributed by atoms with Crippen molar-refractivity contribution < 1.29 is 9.53 Å². The average Bonchev–Trinajstić information content (AvgIpc) is 3.10. The summed E-state index contributed by atoms with van der Waals surface area (Å²) in [4.78, 5) is 14.3. The van der Waals surface area contributed by atoms with Crippen molar-refractivity contribution in [1.29, 1.82) is 0 Å². The lowest BCUT2D eigenvalue weighted by molar-refractivity contribution is -0.123. The first-order chi connectivity index (χ1) is 8.74. The molecular weight excluding hydrogens is 228 g/mol. The van der Waals surface area contributed by atoms with E-state index in [1.54, 1.807) is 0 Å². The zero-order valence-electron chi connectivity index (χ0n) is 11.5. The first-order valence-corrected chi connectivity index (χ1v) is 7.35. The number of carbonyl (C=O) groups is 1. The SMILES string of the molecule is CCOCCC(=O)NC1(CN2CCCCC2)CC1. The van der Waals surface area contributed by atoms with E-state index in [-0.39, 0.29) is 11.4 Å². The van der Waals surface area contributed by atoms with Gasteiger partial charge in [0.25, 0.3) is 0 Å². The highest BCUT2D eigenvalue weighted by atomic mass is 16.5. The normalized spacial score (nSPS) is 22.7. The number of piperidine rings is 1. The number of nitrogens with zero attached hydrogens (tertiary/aromatic N) is 1. The van der Waals surface area contributed by atoms with Gasteiger partial charge in [-0.3, -0.25) is 4.79 Å². The molecule has 2 rings (SSSR count). The molecule has 0 aromatic carbocycles. The Morgan fingerprint density at radius 2 is 2.00 bits per heavy atom. The van der Waals surface area contributed by atoms with Gasteiger partial charge in [0.15, 0.2) is 0 Å². The molecule has 1 saturated heterocycles. The minimum absolute atomic E-state index is 0.0979. The van der Waals surface area contributed by atoms with Gasteiger partial charge >= 0.3 is 0 Å². The largest absolute Gasteiger partial charge is 0.381 e. The topological polar surface area (TPSA) is 41.6 Å². The molecule has 4 heteroatoms. The lowest BCUT2D eigenvalue weighted by Gasteiger charge is -2.31. The molecule has 2 aliphatic rings. The van der Waals surface area contributed by atoms with E-state index in [1.807, 2.05) is 6.92 Å². The molecule has 0 unspecified atom stereocenters. The fourth-order valence-electron chi connectivity index (χ4n) is 2.69. The number of likely N-dealkylation sites (tertiary alicyclic amines) is 1. The van der Waals surface area contributed by atoms with E-state index in [1.165, 1.54) is 32.4 Å². The van der Waals surface area contributed by atoms with Gasteiger partial charge in [0, 0.05) is 19.6 Å². The Morgan fingerprint density at radius 1 is 1.28 bits per heavy atom. The summed E-state index contributed by atoms with van der Waals surface area (Å²) in [6, 6.07) is 0. The number of carbonyl (C=O) groups excluding carboxylic acids is 1. The van der Waals surface area contributed by atoms with Crippen LogP contribution < -0.4 is 5.32 Å². The zero-order valence-corrected chi connectivity index (χ0v) is 11.5. The van der Waals surface area contributed by atoms with Crippen molar-refractivity contribution in [2.75, 3.05) is 32.8 Å². The Balaban J connectivity index is 1.68. The van der Waals surface area contributed by atoms with E-state index in [4.69, 9.17) is 4.74 Å². The van der Waals surface area contributed by atoms with Gasteiger partial charge in [-0.15, -0.1) is 0 Å². The van der Waals surface area contributed by atoms with Crippen molar-refractivity contribution >= 4 is 5.91 Å². The highest BCUT2D eigenvalue weighted by Crippen LogP contribution is 2.36. The predicted octanol–water partition coefficient (Wildman–Crippen LogP) is 1.55. The van der Waals surface area contributed by atoms with Gasteiger partial charge in [-0.25, -0.2) is 0 Å². The third kappa shape index (κ3) is 4.25. The lowest BCUT2D eigenvalue weighted by atomic mass is 10.1. The maximum absolute atomic E-state index is 11.8. The fourth-order valence-corrected chi connectivity index (χ4v) is 2.69. The molecule has 0 spiro atoms. The van der Waals surface area contributed by atoms with Crippen LogP contribution in [0.4, 0.5) is 0 Å². The summed E-state index contributed by atoms with van der Waals surface area (Å²) in [6.07, 6.45) is 6.77. The molecule has 4 nitrogen and oxygen atoms in total. The fraction of sp³-hybridized carbons (Fsp3) is 0.929. The second-order valence-electron chi connectivity index (χ2n) is 5.61. The van der Waals surface area contributed by atoms with Crippen LogP contribution in [-0.2, 0) is 9.53 Å². The van der Waals surface area contributed by atoms with Crippen LogP contribution >= 0.6 is 0 Å². The van der Waals surface area contributed by atoms with Crippen molar-refractivity contribution in [3.8, 4) is 0 Å². The Bertz CT molecular complexity index is 271. The number of hydrogen-bond acceptors (Lipinski definition) is 3. The summed E-state index contributed by atoms with van der Waals surface area (Å²) in [6.45, 7) is 6.64. The van der Waals surface area contributed by atoms with E-state index in [2.05, 4.69) is 10.2 Å². The number of rotatable bonds is 7. The van der Waals surface area contributed by atoms with Crippen molar-refractivity contribution in [2.45, 2.75) is 51.0 Å². The average molecular weight is 254 g/mol. The Morgan fingerprint density at radius 3 is 2.61 bits per heavy atom. The molecule has 1 aliphatic carbocycles. The maximum atomic E-state index is 11.8. The lowest BCUT2D eigenvalue weighted by Crippen LogP contribution is -2.47. The van der Waals surface area contributed by atoms with Crippen LogP contribution in [0, 0.1) is 0 Å². The molecule has 18 heavy (non-hydrogen) atoms. The maximum Gasteiger partial charge on any atom is 0.222 e. The van der Waals surface area contributed by atoms with Gasteiger partial charge < -0.3 is 15.0 Å². The summed E-state index contributed by atoms with van der Waals surface area (Å²) < 4.78 is 5.22. The summed E-state index contributed by atoms with van der Waals surface area (Å²) in [5.74, 6) is 0.151. The summed E-state index contributed by atoms with van der Waals surface area (Å²) in [7, 11) is 0. The molecule has 0 atom stereocenters. The second kappa shape index (κ2) is 6.53. The minimum atomic E-state index is 0.0979. The van der Waals surface area contributed by atoms with E-state index in [0.717, 1.165) is 19.4 Å². The van der Waals surface area contributed by atoms with Crippen molar-refractivity contribution in [2.24, 2.45) is 0 Å². The number of nitrogens with one attached hydrogen (secondary N) is 1. The molecule has 1 N–H and O–H groups in total. The van der Waals surface area contributed by atoms with Gasteiger partial charge in [0.2, 0.25) is 5.91 Å². The molecule has 1 aliphatic heterocycles. The number of ether oxygens (including phenoxy) is 1.